The van der Waals surface area contributed by atoms with E-state index in [0.717, 1.165) is 12.1 Å². The lowest BCUT2D eigenvalue weighted by atomic mass is 10.0. The third-order valence-electron chi connectivity index (χ3n) is 2.96. The average Bonchev–Trinajstić information content (AvgIpc) is 2.94. The summed E-state index contributed by atoms with van der Waals surface area (Å²) in [6, 6.07) is 6.13. The number of hydrogen-bond acceptors (Lipinski definition) is 3. The van der Waals surface area contributed by atoms with Crippen molar-refractivity contribution in [2.45, 2.75) is 19.0 Å². The molecule has 23 heavy (non-hydrogen) atoms. The summed E-state index contributed by atoms with van der Waals surface area (Å²) in [5.74, 6) is -5.39. The third kappa shape index (κ3) is 3.17. The molecular formula is C14H11F5N2O2. The lowest BCUT2D eigenvalue weighted by molar-refractivity contribution is -0.141. The predicted octanol–water partition coefficient (Wildman–Crippen LogP) is 3.75. The molecule has 0 amide bonds. The van der Waals surface area contributed by atoms with Crippen molar-refractivity contribution in [1.29, 1.82) is 0 Å². The Balaban J connectivity index is 2.63. The number of alkyl halides is 5. The van der Waals surface area contributed by atoms with Crippen molar-refractivity contribution in [2.75, 3.05) is 6.61 Å². The van der Waals surface area contributed by atoms with Gasteiger partial charge in [-0.05, 0) is 6.92 Å². The number of hydrogen-bond donors (Lipinski definition) is 1. The highest BCUT2D eigenvalue weighted by atomic mass is 19.4. The molecular weight excluding hydrogens is 323 g/mol. The largest absolute Gasteiger partial charge is 0.462 e. The van der Waals surface area contributed by atoms with Crippen LogP contribution in [0.25, 0.3) is 0 Å². The van der Waals surface area contributed by atoms with Crippen LogP contribution in [-0.4, -0.2) is 22.8 Å². The Kier molecular flexibility index (Phi) is 4.39. The van der Waals surface area contributed by atoms with Gasteiger partial charge in [0.1, 0.15) is 11.3 Å². The molecule has 0 radical (unpaired) electrons. The van der Waals surface area contributed by atoms with Crippen LogP contribution in [0.2, 0.25) is 0 Å². The van der Waals surface area contributed by atoms with Gasteiger partial charge in [-0.25, -0.2) is 4.79 Å². The second-order valence-electron chi connectivity index (χ2n) is 4.48. The van der Waals surface area contributed by atoms with E-state index in [1.807, 2.05) is 0 Å². The number of H-pyrrole nitrogens is 1. The van der Waals surface area contributed by atoms with Gasteiger partial charge in [-0.1, -0.05) is 30.3 Å². The highest BCUT2D eigenvalue weighted by Crippen LogP contribution is 2.40. The van der Waals surface area contributed by atoms with Crippen molar-refractivity contribution >= 4 is 5.97 Å². The maximum atomic E-state index is 14.5. The molecule has 0 fully saturated rings. The smallest absolute Gasteiger partial charge is 0.436 e. The van der Waals surface area contributed by atoms with E-state index in [1.54, 1.807) is 5.10 Å². The van der Waals surface area contributed by atoms with E-state index in [0.29, 0.717) is 0 Å². The number of aromatic nitrogens is 2. The minimum absolute atomic E-state index is 0.266. The van der Waals surface area contributed by atoms with Crippen LogP contribution in [0.3, 0.4) is 0 Å². The summed E-state index contributed by atoms with van der Waals surface area (Å²) in [5.41, 5.74) is -4.88. The van der Waals surface area contributed by atoms with Crippen LogP contribution in [0.5, 0.6) is 0 Å². The number of ether oxygens (including phenoxy) is 1. The lowest BCUT2D eigenvalue weighted by Crippen LogP contribution is -2.22. The van der Waals surface area contributed by atoms with Crippen molar-refractivity contribution in [1.82, 2.24) is 10.2 Å². The molecule has 0 saturated carbocycles. The number of carbonyl (C=O) groups excluding carboxylic acids is 1. The highest BCUT2D eigenvalue weighted by Gasteiger charge is 2.47. The van der Waals surface area contributed by atoms with Gasteiger partial charge in [0.2, 0.25) is 0 Å². The predicted molar refractivity (Wildman–Crippen MR) is 69.0 cm³/mol. The molecule has 1 N–H and O–H groups in total. The Morgan fingerprint density at radius 3 is 2.30 bits per heavy atom. The van der Waals surface area contributed by atoms with Gasteiger partial charge < -0.3 is 4.74 Å². The van der Waals surface area contributed by atoms with Crippen molar-refractivity contribution in [2.24, 2.45) is 0 Å². The second-order valence-corrected chi connectivity index (χ2v) is 4.48. The number of carbonyl (C=O) groups is 1. The van der Waals surface area contributed by atoms with E-state index in [4.69, 9.17) is 0 Å². The van der Waals surface area contributed by atoms with E-state index >= 15 is 0 Å². The van der Waals surface area contributed by atoms with Gasteiger partial charge >= 0.3 is 18.1 Å². The number of nitrogens with zero attached hydrogens (tertiary/aromatic N) is 1. The quantitative estimate of drug-likeness (QED) is 0.684. The summed E-state index contributed by atoms with van der Waals surface area (Å²) < 4.78 is 72.2. The molecule has 1 aromatic carbocycles. The van der Waals surface area contributed by atoms with Gasteiger partial charge in [-0.3, -0.25) is 5.10 Å². The fourth-order valence-electron chi connectivity index (χ4n) is 1.97. The zero-order valence-electron chi connectivity index (χ0n) is 11.7. The summed E-state index contributed by atoms with van der Waals surface area (Å²) in [5, 5.41) is 4.49. The van der Waals surface area contributed by atoms with E-state index in [2.05, 4.69) is 9.84 Å². The molecule has 0 aliphatic rings. The Hall–Kier alpha value is -2.45. The molecule has 2 rings (SSSR count). The molecule has 0 spiro atoms. The molecule has 2 aromatic rings. The highest BCUT2D eigenvalue weighted by molar-refractivity contribution is 5.92. The maximum absolute atomic E-state index is 14.5. The Morgan fingerprint density at radius 2 is 1.78 bits per heavy atom. The maximum Gasteiger partial charge on any atom is 0.436 e. The number of esters is 1. The molecule has 0 saturated heterocycles. The van der Waals surface area contributed by atoms with Gasteiger partial charge in [0.05, 0.1) is 6.61 Å². The normalized spacial score (nSPS) is 12.3. The summed E-state index contributed by atoms with van der Waals surface area (Å²) in [6.07, 6.45) is -5.08. The summed E-state index contributed by atoms with van der Waals surface area (Å²) in [6.45, 7) is 1.08. The summed E-state index contributed by atoms with van der Waals surface area (Å²) in [4.78, 5) is 11.8. The number of aromatic amines is 1. The Morgan fingerprint density at radius 1 is 1.17 bits per heavy atom. The van der Waals surface area contributed by atoms with Crippen LogP contribution in [0.1, 0.15) is 34.2 Å². The second kappa shape index (κ2) is 5.98. The topological polar surface area (TPSA) is 55.0 Å². The van der Waals surface area contributed by atoms with Gasteiger partial charge in [0.15, 0.2) is 5.69 Å². The SMILES string of the molecule is CCOC(=O)c1c(C(F)(F)F)n[nH]c1C(F)(F)c1ccccc1. The van der Waals surface area contributed by atoms with Crippen LogP contribution < -0.4 is 0 Å². The first-order valence-electron chi connectivity index (χ1n) is 6.46. The van der Waals surface area contributed by atoms with E-state index in [-0.39, 0.29) is 6.61 Å². The van der Waals surface area contributed by atoms with E-state index in [1.165, 1.54) is 25.1 Å². The van der Waals surface area contributed by atoms with Crippen molar-refractivity contribution in [3.05, 3.63) is 52.8 Å². The van der Waals surface area contributed by atoms with Crippen LogP contribution in [0, 0.1) is 0 Å². The van der Waals surface area contributed by atoms with Crippen molar-refractivity contribution < 1.29 is 31.5 Å². The molecule has 124 valence electrons. The van der Waals surface area contributed by atoms with E-state index in [9.17, 15) is 26.7 Å². The minimum Gasteiger partial charge on any atom is -0.462 e. The molecule has 1 heterocycles. The minimum atomic E-state index is -5.08. The zero-order chi connectivity index (χ0) is 17.3. The Labute approximate surface area is 127 Å². The van der Waals surface area contributed by atoms with Gasteiger partial charge in [-0.2, -0.15) is 27.1 Å². The monoisotopic (exact) mass is 334 g/mol. The summed E-state index contributed by atoms with van der Waals surface area (Å²) in [7, 11) is 0. The first-order chi connectivity index (χ1) is 10.7. The van der Waals surface area contributed by atoms with Crippen molar-refractivity contribution in [3.63, 3.8) is 0 Å². The number of halogens is 5. The third-order valence-corrected chi connectivity index (χ3v) is 2.96. The molecule has 0 aliphatic carbocycles. The summed E-state index contributed by atoms with van der Waals surface area (Å²) >= 11 is 0. The number of benzene rings is 1. The molecule has 9 heteroatoms. The van der Waals surface area contributed by atoms with Gasteiger partial charge in [0, 0.05) is 5.56 Å². The standard InChI is InChI=1S/C14H11F5N2O2/c1-2-23-12(22)9-10(20-21-11(9)14(17,18)19)13(15,16)8-6-4-3-5-7-8/h3-7H,2H2,1H3,(H,20,21). The molecule has 0 unspecified atom stereocenters. The van der Waals surface area contributed by atoms with E-state index < -0.39 is 40.6 Å². The molecule has 0 aliphatic heterocycles. The number of rotatable bonds is 4. The van der Waals surface area contributed by atoms with Gasteiger partial charge in [-0.15, -0.1) is 0 Å². The molecule has 0 atom stereocenters. The average molecular weight is 334 g/mol. The van der Waals surface area contributed by atoms with Gasteiger partial charge in [0.25, 0.3) is 0 Å². The molecule has 1 aromatic heterocycles. The molecule has 0 bridgehead atoms. The first-order valence-corrected chi connectivity index (χ1v) is 6.46. The first kappa shape index (κ1) is 16.9. The fraction of sp³-hybridized carbons (Fsp3) is 0.286. The molecule has 4 nitrogen and oxygen atoms in total. The fourth-order valence-corrected chi connectivity index (χ4v) is 1.97. The lowest BCUT2D eigenvalue weighted by Gasteiger charge is -2.17. The Bertz CT molecular complexity index is 695. The van der Waals surface area contributed by atoms with Crippen LogP contribution in [0.15, 0.2) is 30.3 Å². The zero-order valence-corrected chi connectivity index (χ0v) is 11.7. The van der Waals surface area contributed by atoms with Crippen molar-refractivity contribution in [3.8, 4) is 0 Å². The number of nitrogens with one attached hydrogen (secondary N) is 1. The van der Waals surface area contributed by atoms with Crippen LogP contribution in [-0.2, 0) is 16.8 Å². The van der Waals surface area contributed by atoms with Crippen LogP contribution >= 0.6 is 0 Å². The van der Waals surface area contributed by atoms with Crippen LogP contribution in [0.4, 0.5) is 22.0 Å².